The van der Waals surface area contributed by atoms with Crippen LogP contribution in [0.2, 0.25) is 0 Å². The maximum Gasteiger partial charge on any atom is 0.293 e. The van der Waals surface area contributed by atoms with Crippen LogP contribution in [0.3, 0.4) is 0 Å². The lowest BCUT2D eigenvalue weighted by molar-refractivity contribution is -0.152. The predicted octanol–water partition coefficient (Wildman–Crippen LogP) is 12.6. The molecule has 0 spiro atoms. The number of alkyl halides is 8. The van der Waals surface area contributed by atoms with Crippen molar-refractivity contribution >= 4 is 0 Å². The summed E-state index contributed by atoms with van der Waals surface area (Å²) >= 11 is 0. The Hall–Kier alpha value is -1.16. The van der Waals surface area contributed by atoms with Gasteiger partial charge < -0.3 is 58.5 Å². The second kappa shape index (κ2) is 43.3. The van der Waals surface area contributed by atoms with Gasteiger partial charge in [-0.05, 0) is 210 Å². The average molecular weight is 1330 g/mol. The fourth-order valence-corrected chi connectivity index (χ4v) is 8.95. The van der Waals surface area contributed by atoms with E-state index in [0.29, 0.717) is 31.9 Å². The molecule has 3 aliphatic heterocycles. The van der Waals surface area contributed by atoms with Gasteiger partial charge in [-0.15, -0.1) is 0 Å². The maximum absolute atomic E-state index is 13.7. The summed E-state index contributed by atoms with van der Waals surface area (Å²) in [6.45, 7) is 57.3. The molecule has 91 heavy (non-hydrogen) atoms. The van der Waals surface area contributed by atoms with Crippen molar-refractivity contribution in [1.82, 2.24) is 40.0 Å². The predicted molar refractivity (Wildman–Crippen MR) is 357 cm³/mol. The van der Waals surface area contributed by atoms with E-state index in [9.17, 15) is 35.1 Å². The third-order valence-corrected chi connectivity index (χ3v) is 14.6. The van der Waals surface area contributed by atoms with Gasteiger partial charge in [0, 0.05) is 128 Å². The van der Waals surface area contributed by atoms with Crippen molar-refractivity contribution in [2.24, 2.45) is 0 Å². The van der Waals surface area contributed by atoms with Crippen LogP contribution in [0.5, 0.6) is 0 Å². The number of nitrogens with zero attached hydrogens (tertiary/aromatic N) is 6. The number of nitrogens with one attached hydrogen (secondary N) is 2. The van der Waals surface area contributed by atoms with E-state index in [1.807, 2.05) is 41.5 Å². The zero-order chi connectivity index (χ0) is 70.0. The molecule has 0 bridgehead atoms. The van der Waals surface area contributed by atoms with Crippen molar-refractivity contribution in [3.63, 3.8) is 0 Å². The van der Waals surface area contributed by atoms with Gasteiger partial charge in [-0.1, -0.05) is 0 Å². The molecule has 3 heterocycles. The van der Waals surface area contributed by atoms with Crippen molar-refractivity contribution in [3.05, 3.63) is 0 Å². The highest BCUT2D eigenvalue weighted by Crippen LogP contribution is 2.22. The van der Waals surface area contributed by atoms with E-state index in [1.165, 1.54) is 0 Å². The number of halogens is 8. The maximum atomic E-state index is 13.7. The van der Waals surface area contributed by atoms with E-state index < -0.39 is 80.1 Å². The van der Waals surface area contributed by atoms with Gasteiger partial charge in [0.05, 0.1) is 42.1 Å². The van der Waals surface area contributed by atoms with Crippen LogP contribution >= 0.6 is 0 Å². The second-order valence-electron chi connectivity index (χ2n) is 31.7. The van der Waals surface area contributed by atoms with Gasteiger partial charge in [0.15, 0.2) is 0 Å². The lowest BCUT2D eigenvalue weighted by Gasteiger charge is -2.36. The number of unbranched alkanes of at least 4 members (excludes halogenated alkanes) is 3. The molecule has 0 saturated carbocycles. The molecule has 0 radical (unpaired) electrons. The molecule has 3 fully saturated rings. The SMILES string of the molecule is CC(C)(C)NCC(F)(F)COC(C)(C)C.CC(C)(C)OCCN1CCN(CCCCOCC(F)(F)COC(C)(C)C)CC1.CC(C)N1CCN(CCCCOCC(F)(F)CNC(C)(C)C)CC1.CC(C)N1CCN(CCCCOCC(F)(F)COC(C)(C)C)CC1. The van der Waals surface area contributed by atoms with Crippen molar-refractivity contribution in [3.8, 4) is 0 Å². The third-order valence-electron chi connectivity index (χ3n) is 14.6. The van der Waals surface area contributed by atoms with Crippen molar-refractivity contribution in [2.75, 3.05) is 184 Å². The average Bonchev–Trinajstić information content (AvgIpc) is 2.28. The molecule has 0 atom stereocenters. The largest absolute Gasteiger partial charge is 0.375 e. The van der Waals surface area contributed by atoms with E-state index in [0.717, 1.165) is 150 Å². The standard InChI is InChI=1S/C21H42F2N2O3.C18H37F2N3O.C18H36F2N2O2.C11H23F2NO/c1-19(2,3)27-16-14-25-12-10-24(11-13-25)9-7-8-15-26-17-21(22,23)18-28-20(4,5)6;1-16(2)23-11-9-22(10-12-23)8-6-7-13-24-15-18(19,20)14-21-17(3,4)5;1-16(2)22-11-9-21(10-12-22)8-6-7-13-23-14-18(19,20)15-24-17(3,4)5;1-9(2,3)14-7-11(12,13)8-15-10(4,5)6/h7-18H2,1-6H3;16,21H,6-15H2,1-5H3;16H,6-15H2,1-5H3;14H,7-8H2,1-6H3. The van der Waals surface area contributed by atoms with Crippen LogP contribution in [0, 0.1) is 0 Å². The molecule has 0 aromatic heterocycles. The molecule has 15 nitrogen and oxygen atoms in total. The summed E-state index contributed by atoms with van der Waals surface area (Å²) in [4.78, 5) is 14.8. The zero-order valence-corrected chi connectivity index (χ0v) is 61.8. The number of hydrogen-bond donors (Lipinski definition) is 2. The summed E-state index contributed by atoms with van der Waals surface area (Å²) in [5.74, 6) is -11.5. The quantitative estimate of drug-likeness (QED) is 0.0459. The van der Waals surface area contributed by atoms with E-state index in [4.69, 9.17) is 33.2 Å². The fraction of sp³-hybridized carbons (Fsp3) is 1.00. The van der Waals surface area contributed by atoms with E-state index in [2.05, 4.69) is 88.5 Å². The Kier molecular flexibility index (Phi) is 42.7. The van der Waals surface area contributed by atoms with Crippen molar-refractivity contribution in [2.45, 2.75) is 260 Å². The minimum Gasteiger partial charge on any atom is -0.375 e. The van der Waals surface area contributed by atoms with Crippen LogP contribution in [-0.2, 0) is 33.2 Å². The topological polar surface area (TPSA) is 108 Å². The van der Waals surface area contributed by atoms with E-state index in [-0.39, 0.29) is 29.8 Å². The Labute approximate surface area is 550 Å². The first-order valence-corrected chi connectivity index (χ1v) is 34.1. The highest BCUT2D eigenvalue weighted by atomic mass is 19.3. The highest BCUT2D eigenvalue weighted by molar-refractivity contribution is 4.81. The Morgan fingerprint density at radius 3 is 0.802 bits per heavy atom. The van der Waals surface area contributed by atoms with Crippen LogP contribution < -0.4 is 10.6 Å². The van der Waals surface area contributed by atoms with Gasteiger partial charge in [-0.2, -0.15) is 0 Å². The first-order chi connectivity index (χ1) is 41.5. The summed E-state index contributed by atoms with van der Waals surface area (Å²) in [6, 6.07) is 1.24. The molecule has 0 aromatic rings. The molecule has 3 aliphatic rings. The molecule has 3 rings (SSSR count). The third kappa shape index (κ3) is 56.6. The summed E-state index contributed by atoms with van der Waals surface area (Å²) in [5, 5.41) is 5.60. The molecule has 0 aliphatic carbocycles. The number of hydrogen-bond acceptors (Lipinski definition) is 15. The Bertz CT molecular complexity index is 1700. The van der Waals surface area contributed by atoms with Crippen LogP contribution in [0.25, 0.3) is 0 Å². The van der Waals surface area contributed by atoms with Gasteiger partial charge in [0.25, 0.3) is 23.7 Å². The van der Waals surface area contributed by atoms with E-state index in [1.54, 1.807) is 62.3 Å². The smallest absolute Gasteiger partial charge is 0.293 e. The van der Waals surface area contributed by atoms with Gasteiger partial charge in [0.2, 0.25) is 0 Å². The lowest BCUT2D eigenvalue weighted by atomic mass is 10.1. The Morgan fingerprint density at radius 2 is 0.538 bits per heavy atom. The number of rotatable bonds is 36. The molecule has 2 N–H and O–H groups in total. The Morgan fingerprint density at radius 1 is 0.297 bits per heavy atom. The molecule has 3 saturated heterocycles. The second-order valence-corrected chi connectivity index (χ2v) is 31.7. The zero-order valence-electron chi connectivity index (χ0n) is 61.8. The normalized spacial score (nSPS) is 17.7. The molecule has 0 aromatic carbocycles. The Balaban J connectivity index is 0.00000121. The van der Waals surface area contributed by atoms with Crippen LogP contribution in [0.15, 0.2) is 0 Å². The van der Waals surface area contributed by atoms with Crippen molar-refractivity contribution < 1.29 is 68.3 Å². The molecule has 0 unspecified atom stereocenters. The van der Waals surface area contributed by atoms with Gasteiger partial charge >= 0.3 is 0 Å². The van der Waals surface area contributed by atoms with Crippen LogP contribution in [0.1, 0.15) is 191 Å². The summed E-state index contributed by atoms with van der Waals surface area (Å²) in [5.41, 5.74) is -2.32. The molecular weight excluding hydrogens is 1190 g/mol. The number of piperazine rings is 3. The summed E-state index contributed by atoms with van der Waals surface area (Å²) < 4.78 is 145. The molecule has 23 heteroatoms. The minimum atomic E-state index is -2.93. The monoisotopic (exact) mass is 1330 g/mol. The van der Waals surface area contributed by atoms with Crippen molar-refractivity contribution in [1.29, 1.82) is 0 Å². The van der Waals surface area contributed by atoms with Gasteiger partial charge in [-0.3, -0.25) is 14.7 Å². The molecular formula is C68H138F8N8O7. The molecule has 0 amide bonds. The first-order valence-electron chi connectivity index (χ1n) is 34.1. The van der Waals surface area contributed by atoms with Crippen LogP contribution in [0.4, 0.5) is 35.1 Å². The van der Waals surface area contributed by atoms with Gasteiger partial charge in [0.1, 0.15) is 39.6 Å². The van der Waals surface area contributed by atoms with Crippen LogP contribution in [-0.4, -0.2) is 283 Å². The minimum absolute atomic E-state index is 0.0759. The lowest BCUT2D eigenvalue weighted by Crippen LogP contribution is -2.48. The van der Waals surface area contributed by atoms with E-state index >= 15 is 0 Å². The molecule has 548 valence electrons. The summed E-state index contributed by atoms with van der Waals surface area (Å²) in [6.07, 6.45) is 5.43. The number of ether oxygens (including phenoxy) is 7. The highest BCUT2D eigenvalue weighted by Gasteiger charge is 2.35. The van der Waals surface area contributed by atoms with Gasteiger partial charge in [-0.25, -0.2) is 35.1 Å². The first kappa shape index (κ1) is 89.8. The summed E-state index contributed by atoms with van der Waals surface area (Å²) in [7, 11) is 0. The fourth-order valence-electron chi connectivity index (χ4n) is 8.95.